The molecule has 7 heteroatoms. The lowest BCUT2D eigenvalue weighted by molar-refractivity contribution is -0.121. The molecule has 0 aromatic heterocycles. The number of aryl methyl sites for hydroxylation is 1. The lowest BCUT2D eigenvalue weighted by atomic mass is 10.1. The molecule has 0 fully saturated rings. The topological polar surface area (TPSA) is 67.9 Å². The van der Waals surface area contributed by atoms with E-state index in [0.717, 1.165) is 17.5 Å². The van der Waals surface area contributed by atoms with Crippen molar-refractivity contribution >= 4 is 23.2 Å². The Morgan fingerprint density at radius 3 is 2.69 bits per heavy atom. The number of carbonyl (C=O) groups excluding carboxylic acids is 2. The van der Waals surface area contributed by atoms with Crippen molar-refractivity contribution < 1.29 is 23.5 Å². The quantitative estimate of drug-likeness (QED) is 0.601. The van der Waals surface area contributed by atoms with Crippen molar-refractivity contribution in [3.05, 3.63) is 83.7 Å². The Bertz CT molecular complexity index is 1130. The number of ether oxygens (including phenoxy) is 2. The number of nitrogens with one attached hydrogen (secondary N) is 1. The molecule has 32 heavy (non-hydrogen) atoms. The molecule has 4 rings (SSSR count). The van der Waals surface area contributed by atoms with Crippen molar-refractivity contribution in [2.45, 2.75) is 19.9 Å². The van der Waals surface area contributed by atoms with E-state index in [1.54, 1.807) is 35.2 Å². The minimum atomic E-state index is -0.337. The van der Waals surface area contributed by atoms with E-state index in [0.29, 0.717) is 22.9 Å². The summed E-state index contributed by atoms with van der Waals surface area (Å²) in [7, 11) is 0. The number of anilines is 2. The molecule has 1 heterocycles. The molecule has 0 saturated heterocycles. The van der Waals surface area contributed by atoms with Crippen LogP contribution < -0.4 is 19.7 Å². The zero-order chi connectivity index (χ0) is 22.5. The molecule has 0 unspecified atom stereocenters. The minimum Gasteiger partial charge on any atom is -0.484 e. The van der Waals surface area contributed by atoms with Crippen molar-refractivity contribution in [1.82, 2.24) is 0 Å². The molecular weight excluding hydrogens is 411 g/mol. The largest absolute Gasteiger partial charge is 0.484 e. The van der Waals surface area contributed by atoms with Gasteiger partial charge in [-0.05, 0) is 60.0 Å². The first-order valence-electron chi connectivity index (χ1n) is 10.3. The number of benzene rings is 3. The van der Waals surface area contributed by atoms with Crippen LogP contribution in [0.4, 0.5) is 15.8 Å². The molecule has 1 aliphatic rings. The molecule has 3 aromatic rings. The van der Waals surface area contributed by atoms with E-state index in [1.165, 1.54) is 12.1 Å². The Hall–Kier alpha value is -3.87. The first kappa shape index (κ1) is 21.4. The Morgan fingerprint density at radius 2 is 1.91 bits per heavy atom. The predicted molar refractivity (Wildman–Crippen MR) is 119 cm³/mol. The summed E-state index contributed by atoms with van der Waals surface area (Å²) in [5.74, 6) is 0.298. The average Bonchev–Trinajstić information content (AvgIpc) is 2.81. The van der Waals surface area contributed by atoms with Gasteiger partial charge in [0.2, 0.25) is 0 Å². The fourth-order valence-corrected chi connectivity index (χ4v) is 3.43. The van der Waals surface area contributed by atoms with Gasteiger partial charge in [-0.2, -0.15) is 0 Å². The molecule has 1 N–H and O–H groups in total. The van der Waals surface area contributed by atoms with Crippen LogP contribution in [0.2, 0.25) is 0 Å². The monoisotopic (exact) mass is 434 g/mol. The normalized spacial score (nSPS) is 12.7. The van der Waals surface area contributed by atoms with E-state index in [9.17, 15) is 14.0 Å². The number of carbonyl (C=O) groups is 2. The van der Waals surface area contributed by atoms with Crippen LogP contribution >= 0.6 is 0 Å². The summed E-state index contributed by atoms with van der Waals surface area (Å²) < 4.78 is 24.3. The maximum atomic E-state index is 13.2. The molecule has 164 valence electrons. The summed E-state index contributed by atoms with van der Waals surface area (Å²) >= 11 is 0. The van der Waals surface area contributed by atoms with Gasteiger partial charge in [0.25, 0.3) is 11.8 Å². The third kappa shape index (κ3) is 5.06. The second-order valence-electron chi connectivity index (χ2n) is 7.42. The van der Waals surface area contributed by atoms with Crippen molar-refractivity contribution in [1.29, 1.82) is 0 Å². The van der Waals surface area contributed by atoms with E-state index in [4.69, 9.17) is 9.47 Å². The number of fused-ring (bicyclic) bond motifs is 1. The molecule has 0 atom stereocenters. The number of nitrogens with zero attached hydrogens (tertiary/aromatic N) is 1. The van der Waals surface area contributed by atoms with Gasteiger partial charge in [0.1, 0.15) is 17.3 Å². The van der Waals surface area contributed by atoms with E-state index in [2.05, 4.69) is 12.2 Å². The highest BCUT2D eigenvalue weighted by atomic mass is 19.1. The van der Waals surface area contributed by atoms with E-state index >= 15 is 0 Å². The maximum Gasteiger partial charge on any atom is 0.265 e. The lowest BCUT2D eigenvalue weighted by Crippen LogP contribution is -2.38. The predicted octanol–water partition coefficient (Wildman–Crippen LogP) is 4.33. The molecule has 0 radical (unpaired) electrons. The molecule has 0 aliphatic carbocycles. The van der Waals surface area contributed by atoms with Crippen LogP contribution in [0.3, 0.4) is 0 Å². The Labute approximate surface area is 185 Å². The molecule has 6 nitrogen and oxygen atoms in total. The van der Waals surface area contributed by atoms with Crippen LogP contribution in [0.15, 0.2) is 66.7 Å². The summed E-state index contributed by atoms with van der Waals surface area (Å²) in [5, 5.41) is 2.79. The van der Waals surface area contributed by atoms with Gasteiger partial charge in [0.15, 0.2) is 13.2 Å². The first-order valence-corrected chi connectivity index (χ1v) is 10.3. The second-order valence-corrected chi connectivity index (χ2v) is 7.42. The first-order chi connectivity index (χ1) is 15.5. The molecular formula is C25H23FN2O4. The van der Waals surface area contributed by atoms with Crippen LogP contribution in [-0.2, 0) is 22.6 Å². The molecule has 0 spiro atoms. The van der Waals surface area contributed by atoms with E-state index < -0.39 is 0 Å². The van der Waals surface area contributed by atoms with E-state index in [-0.39, 0.29) is 37.4 Å². The van der Waals surface area contributed by atoms with Crippen molar-refractivity contribution in [3.8, 4) is 11.5 Å². The van der Waals surface area contributed by atoms with Crippen LogP contribution in [0, 0.1) is 5.82 Å². The van der Waals surface area contributed by atoms with Crippen LogP contribution in [0.25, 0.3) is 0 Å². The van der Waals surface area contributed by atoms with Gasteiger partial charge in [0, 0.05) is 5.69 Å². The smallest absolute Gasteiger partial charge is 0.265 e. The summed E-state index contributed by atoms with van der Waals surface area (Å²) in [4.78, 5) is 26.5. The highest BCUT2D eigenvalue weighted by Crippen LogP contribution is 2.35. The Balaban J connectivity index is 1.45. The summed E-state index contributed by atoms with van der Waals surface area (Å²) in [5.41, 5.74) is 2.97. The maximum absolute atomic E-state index is 13.2. The van der Waals surface area contributed by atoms with E-state index in [1.807, 2.05) is 24.3 Å². The third-order valence-corrected chi connectivity index (χ3v) is 5.12. The van der Waals surface area contributed by atoms with Crippen LogP contribution in [-0.4, -0.2) is 25.0 Å². The minimum absolute atomic E-state index is 0.0788. The van der Waals surface area contributed by atoms with Crippen LogP contribution in [0.1, 0.15) is 18.1 Å². The standard InChI is InChI=1S/C25H23FN2O4/c1-2-17-4-3-5-21(12-17)31-15-24(29)27-20-10-11-23-22(13-20)28(25(30)16-32-23)14-18-6-8-19(26)9-7-18/h3-13H,2,14-16H2,1H3,(H,27,29). The summed E-state index contributed by atoms with van der Waals surface area (Å²) in [6.07, 6.45) is 0.883. The summed E-state index contributed by atoms with van der Waals surface area (Å²) in [6.45, 7) is 2.10. The molecule has 3 aromatic carbocycles. The van der Waals surface area contributed by atoms with Gasteiger partial charge >= 0.3 is 0 Å². The van der Waals surface area contributed by atoms with Gasteiger partial charge in [-0.25, -0.2) is 4.39 Å². The SMILES string of the molecule is CCc1cccc(OCC(=O)Nc2ccc3c(c2)N(Cc2ccc(F)cc2)C(=O)CO3)c1. The zero-order valence-corrected chi connectivity index (χ0v) is 17.6. The molecule has 1 aliphatic heterocycles. The second kappa shape index (κ2) is 9.51. The Kier molecular flexibility index (Phi) is 6.35. The Morgan fingerprint density at radius 1 is 1.09 bits per heavy atom. The van der Waals surface area contributed by atoms with Crippen molar-refractivity contribution in [3.63, 3.8) is 0 Å². The number of rotatable bonds is 7. The van der Waals surface area contributed by atoms with Gasteiger partial charge in [-0.15, -0.1) is 0 Å². The van der Waals surface area contributed by atoms with Gasteiger partial charge < -0.3 is 19.7 Å². The molecule has 2 amide bonds. The fourth-order valence-electron chi connectivity index (χ4n) is 3.43. The molecule has 0 bridgehead atoms. The number of hydrogen-bond acceptors (Lipinski definition) is 4. The van der Waals surface area contributed by atoms with Gasteiger partial charge in [-0.3, -0.25) is 9.59 Å². The van der Waals surface area contributed by atoms with Gasteiger partial charge in [0.05, 0.1) is 12.2 Å². The average molecular weight is 434 g/mol. The van der Waals surface area contributed by atoms with Crippen molar-refractivity contribution in [2.24, 2.45) is 0 Å². The van der Waals surface area contributed by atoms with Gasteiger partial charge in [-0.1, -0.05) is 31.2 Å². The zero-order valence-electron chi connectivity index (χ0n) is 17.6. The lowest BCUT2D eigenvalue weighted by Gasteiger charge is -2.30. The highest BCUT2D eigenvalue weighted by molar-refractivity contribution is 5.99. The van der Waals surface area contributed by atoms with Crippen molar-refractivity contribution in [2.75, 3.05) is 23.4 Å². The fraction of sp³-hybridized carbons (Fsp3) is 0.200. The summed E-state index contributed by atoms with van der Waals surface area (Å²) in [6, 6.07) is 18.7. The number of hydrogen-bond donors (Lipinski definition) is 1. The highest BCUT2D eigenvalue weighted by Gasteiger charge is 2.26. The number of halogens is 1. The number of amides is 2. The van der Waals surface area contributed by atoms with Crippen LogP contribution in [0.5, 0.6) is 11.5 Å². The molecule has 0 saturated carbocycles. The third-order valence-electron chi connectivity index (χ3n) is 5.12.